The van der Waals surface area contributed by atoms with Crippen molar-refractivity contribution < 1.29 is 23.5 Å². The highest BCUT2D eigenvalue weighted by molar-refractivity contribution is 6.10. The van der Waals surface area contributed by atoms with Crippen molar-refractivity contribution in [3.63, 3.8) is 0 Å². The summed E-state index contributed by atoms with van der Waals surface area (Å²) in [7, 11) is 1.37. The van der Waals surface area contributed by atoms with Gasteiger partial charge in [-0.25, -0.2) is 9.18 Å². The standard InChI is InChI=1S/C21H18FNO4/c1-13-21(15-5-3-4-6-17(15)23-13)18(24)12-27-20(25)10-8-14-7-9-19(26-2)16(22)11-14/h3-11,23H,12H2,1-2H3/b10-8+. The number of hydrogen-bond acceptors (Lipinski definition) is 4. The minimum absolute atomic E-state index is 0.120. The quantitative estimate of drug-likeness (QED) is 0.405. The minimum atomic E-state index is -0.683. The van der Waals surface area contributed by atoms with Crippen molar-refractivity contribution in [1.29, 1.82) is 0 Å². The molecule has 0 amide bonds. The number of rotatable bonds is 6. The van der Waals surface area contributed by atoms with E-state index in [0.717, 1.165) is 22.7 Å². The molecule has 0 atom stereocenters. The molecule has 0 bridgehead atoms. The average Bonchev–Trinajstić information content (AvgIpc) is 3.00. The fourth-order valence-corrected chi connectivity index (χ4v) is 2.84. The molecule has 2 aromatic carbocycles. The predicted octanol–water partition coefficient (Wildman–Crippen LogP) is 4.06. The lowest BCUT2D eigenvalue weighted by atomic mass is 10.1. The van der Waals surface area contributed by atoms with Crippen molar-refractivity contribution >= 4 is 28.7 Å². The van der Waals surface area contributed by atoms with Crippen LogP contribution in [0.15, 0.2) is 48.5 Å². The highest BCUT2D eigenvalue weighted by Crippen LogP contribution is 2.22. The monoisotopic (exact) mass is 367 g/mol. The van der Waals surface area contributed by atoms with Crippen LogP contribution in [0.5, 0.6) is 5.75 Å². The summed E-state index contributed by atoms with van der Waals surface area (Å²) < 4.78 is 23.5. The van der Waals surface area contributed by atoms with Gasteiger partial charge in [0.25, 0.3) is 0 Å². The number of esters is 1. The van der Waals surface area contributed by atoms with Crippen molar-refractivity contribution in [3.8, 4) is 5.75 Å². The van der Waals surface area contributed by atoms with Crippen LogP contribution in [0.3, 0.4) is 0 Å². The number of aryl methyl sites for hydroxylation is 1. The zero-order valence-corrected chi connectivity index (χ0v) is 14.9. The summed E-state index contributed by atoms with van der Waals surface area (Å²) in [6.07, 6.45) is 2.56. The smallest absolute Gasteiger partial charge is 0.331 e. The van der Waals surface area contributed by atoms with E-state index in [1.54, 1.807) is 13.0 Å². The van der Waals surface area contributed by atoms with Crippen LogP contribution in [0, 0.1) is 12.7 Å². The van der Waals surface area contributed by atoms with Crippen molar-refractivity contribution in [2.45, 2.75) is 6.92 Å². The summed E-state index contributed by atoms with van der Waals surface area (Å²) in [4.78, 5) is 27.4. The van der Waals surface area contributed by atoms with Gasteiger partial charge in [0.1, 0.15) is 0 Å². The lowest BCUT2D eigenvalue weighted by Crippen LogP contribution is -2.13. The molecule has 3 aromatic rings. The van der Waals surface area contributed by atoms with Gasteiger partial charge in [-0.05, 0) is 36.8 Å². The van der Waals surface area contributed by atoms with Crippen LogP contribution >= 0.6 is 0 Å². The van der Waals surface area contributed by atoms with E-state index in [0.29, 0.717) is 11.1 Å². The Morgan fingerprint density at radius 1 is 1.19 bits per heavy atom. The van der Waals surface area contributed by atoms with Crippen LogP contribution in [0.2, 0.25) is 0 Å². The maximum atomic E-state index is 13.6. The van der Waals surface area contributed by atoms with Crippen molar-refractivity contribution in [2.24, 2.45) is 0 Å². The fourth-order valence-electron chi connectivity index (χ4n) is 2.84. The molecule has 138 valence electrons. The number of carbonyl (C=O) groups excluding carboxylic acids is 2. The Hall–Kier alpha value is -3.41. The number of aromatic amines is 1. The molecular formula is C21H18FNO4. The lowest BCUT2D eigenvalue weighted by molar-refractivity contribution is -0.136. The van der Waals surface area contributed by atoms with E-state index in [9.17, 15) is 14.0 Å². The van der Waals surface area contributed by atoms with Crippen molar-refractivity contribution in [1.82, 2.24) is 4.98 Å². The highest BCUT2D eigenvalue weighted by atomic mass is 19.1. The molecule has 27 heavy (non-hydrogen) atoms. The summed E-state index contributed by atoms with van der Waals surface area (Å²) in [6, 6.07) is 11.7. The summed E-state index contributed by atoms with van der Waals surface area (Å²) in [6.45, 7) is 1.43. The molecule has 6 heteroatoms. The first-order chi connectivity index (χ1) is 13.0. The lowest BCUT2D eigenvalue weighted by Gasteiger charge is -2.03. The molecule has 5 nitrogen and oxygen atoms in total. The van der Waals surface area contributed by atoms with Gasteiger partial charge >= 0.3 is 5.97 Å². The van der Waals surface area contributed by atoms with Crippen molar-refractivity contribution in [2.75, 3.05) is 13.7 Å². The van der Waals surface area contributed by atoms with Gasteiger partial charge in [-0.1, -0.05) is 24.3 Å². The summed E-state index contributed by atoms with van der Waals surface area (Å²) in [5.41, 5.74) is 2.57. The number of aromatic nitrogens is 1. The van der Waals surface area contributed by atoms with E-state index in [1.165, 1.54) is 25.3 Å². The Balaban J connectivity index is 1.64. The molecule has 1 heterocycles. The third kappa shape index (κ3) is 4.06. The maximum Gasteiger partial charge on any atom is 0.331 e. The van der Waals surface area contributed by atoms with Crippen molar-refractivity contribution in [3.05, 3.63) is 71.2 Å². The first-order valence-corrected chi connectivity index (χ1v) is 8.28. The van der Waals surface area contributed by atoms with Crippen LogP contribution in [0.25, 0.3) is 17.0 Å². The zero-order valence-electron chi connectivity index (χ0n) is 14.9. The number of Topliss-reactive ketones (excluding diaryl/α,β-unsaturated/α-hetero) is 1. The van der Waals surface area contributed by atoms with Gasteiger partial charge in [-0.2, -0.15) is 0 Å². The van der Waals surface area contributed by atoms with Crippen LogP contribution in [0.4, 0.5) is 4.39 Å². The molecule has 0 spiro atoms. The van der Waals surface area contributed by atoms with E-state index in [4.69, 9.17) is 9.47 Å². The Bertz CT molecular complexity index is 1040. The Morgan fingerprint density at radius 2 is 1.96 bits per heavy atom. The number of ether oxygens (including phenoxy) is 2. The van der Waals surface area contributed by atoms with Gasteiger partial charge in [0.15, 0.2) is 18.2 Å². The Labute approximate surface area is 155 Å². The van der Waals surface area contributed by atoms with Gasteiger partial charge < -0.3 is 14.5 Å². The van der Waals surface area contributed by atoms with Gasteiger partial charge in [-0.15, -0.1) is 0 Å². The molecule has 0 aliphatic heterocycles. The Morgan fingerprint density at radius 3 is 2.70 bits per heavy atom. The van der Waals surface area contributed by atoms with Gasteiger partial charge in [0, 0.05) is 28.2 Å². The molecular weight excluding hydrogens is 349 g/mol. The second kappa shape index (κ2) is 7.86. The fraction of sp³-hybridized carbons (Fsp3) is 0.143. The first-order valence-electron chi connectivity index (χ1n) is 8.28. The van der Waals surface area contributed by atoms with E-state index in [2.05, 4.69) is 4.98 Å². The van der Waals surface area contributed by atoms with Gasteiger partial charge in [0.05, 0.1) is 7.11 Å². The number of para-hydroxylation sites is 1. The average molecular weight is 367 g/mol. The van der Waals surface area contributed by atoms with Gasteiger partial charge in [0.2, 0.25) is 5.78 Å². The number of ketones is 1. The number of carbonyl (C=O) groups is 2. The van der Waals surface area contributed by atoms with Crippen LogP contribution in [0.1, 0.15) is 21.6 Å². The Kier molecular flexibility index (Phi) is 5.35. The molecule has 0 unspecified atom stereocenters. The number of H-pyrrole nitrogens is 1. The minimum Gasteiger partial charge on any atom is -0.494 e. The van der Waals surface area contributed by atoms with Crippen LogP contribution in [-0.2, 0) is 9.53 Å². The topological polar surface area (TPSA) is 68.4 Å². The maximum absolute atomic E-state index is 13.6. The molecule has 1 N–H and O–H groups in total. The van der Waals surface area contributed by atoms with Crippen LogP contribution < -0.4 is 4.74 Å². The molecule has 0 aliphatic carbocycles. The van der Waals surface area contributed by atoms with Gasteiger partial charge in [-0.3, -0.25) is 4.79 Å². The summed E-state index contributed by atoms with van der Waals surface area (Å²) >= 11 is 0. The molecule has 0 aliphatic rings. The summed E-state index contributed by atoms with van der Waals surface area (Å²) in [5.74, 6) is -1.38. The molecule has 0 saturated heterocycles. The number of benzene rings is 2. The predicted molar refractivity (Wildman–Crippen MR) is 100 cm³/mol. The van der Waals surface area contributed by atoms with Crippen LogP contribution in [-0.4, -0.2) is 30.5 Å². The third-order valence-corrected chi connectivity index (χ3v) is 4.11. The van der Waals surface area contributed by atoms with E-state index < -0.39 is 11.8 Å². The number of halogens is 1. The van der Waals surface area contributed by atoms with E-state index in [-0.39, 0.29) is 18.1 Å². The second-order valence-corrected chi connectivity index (χ2v) is 5.93. The van der Waals surface area contributed by atoms with E-state index in [1.807, 2.05) is 24.3 Å². The third-order valence-electron chi connectivity index (χ3n) is 4.11. The largest absolute Gasteiger partial charge is 0.494 e. The molecule has 1 aromatic heterocycles. The second-order valence-electron chi connectivity index (χ2n) is 5.93. The number of methoxy groups -OCH3 is 1. The summed E-state index contributed by atoms with van der Waals surface area (Å²) in [5, 5.41) is 0.792. The molecule has 0 saturated carbocycles. The highest BCUT2D eigenvalue weighted by Gasteiger charge is 2.16. The molecule has 3 rings (SSSR count). The molecule has 0 fully saturated rings. The first kappa shape index (κ1) is 18.4. The normalized spacial score (nSPS) is 11.1. The SMILES string of the molecule is COc1ccc(/C=C/C(=O)OCC(=O)c2c(C)[nH]c3ccccc23)cc1F. The zero-order chi connectivity index (χ0) is 19.4. The number of hydrogen-bond donors (Lipinski definition) is 1. The number of nitrogens with one attached hydrogen (secondary N) is 1. The molecule has 0 radical (unpaired) electrons. The van der Waals surface area contributed by atoms with E-state index >= 15 is 0 Å². The number of fused-ring (bicyclic) bond motifs is 1.